The Bertz CT molecular complexity index is 804. The molecular weight excluding hydrogens is 396 g/mol. The molecule has 0 aromatic heterocycles. The highest BCUT2D eigenvalue weighted by Gasteiger charge is 2.11. The Morgan fingerprint density at radius 3 is 2.54 bits per heavy atom. The van der Waals surface area contributed by atoms with E-state index in [1.54, 1.807) is 0 Å². The molecule has 0 aliphatic carbocycles. The Morgan fingerprint density at radius 2 is 1.85 bits per heavy atom. The van der Waals surface area contributed by atoms with Gasteiger partial charge in [0.15, 0.2) is 0 Å². The zero-order chi connectivity index (χ0) is 18.9. The van der Waals surface area contributed by atoms with Gasteiger partial charge in [-0.15, -0.1) is 0 Å². The van der Waals surface area contributed by atoms with Gasteiger partial charge in [-0.2, -0.15) is 5.10 Å². The van der Waals surface area contributed by atoms with Gasteiger partial charge in [0.25, 0.3) is 0 Å². The van der Waals surface area contributed by atoms with E-state index in [0.29, 0.717) is 6.54 Å². The molecule has 0 aliphatic heterocycles. The third kappa shape index (κ3) is 6.00. The number of hydrogen-bond donors (Lipinski definition) is 3. The minimum absolute atomic E-state index is 0.451. The number of carbonyl (C=O) groups is 2. The van der Waals surface area contributed by atoms with E-state index in [-0.39, 0.29) is 0 Å². The lowest BCUT2D eigenvalue weighted by molar-refractivity contribution is -0.139. The normalized spacial score (nSPS) is 10.6. The van der Waals surface area contributed by atoms with E-state index in [9.17, 15) is 9.59 Å². The zero-order valence-electron chi connectivity index (χ0n) is 14.7. The van der Waals surface area contributed by atoms with Gasteiger partial charge in [0, 0.05) is 28.0 Å². The Hall–Kier alpha value is -2.67. The predicted octanol–water partition coefficient (Wildman–Crippen LogP) is 3.48. The first-order valence-electron chi connectivity index (χ1n) is 8.24. The van der Waals surface area contributed by atoms with Crippen molar-refractivity contribution in [3.8, 4) is 0 Å². The summed E-state index contributed by atoms with van der Waals surface area (Å²) in [6.45, 7) is 4.39. The van der Waals surface area contributed by atoms with Crippen LogP contribution in [0.15, 0.2) is 52.0 Å². The van der Waals surface area contributed by atoms with Crippen molar-refractivity contribution in [3.63, 3.8) is 0 Å². The molecule has 0 fully saturated rings. The number of halogens is 1. The van der Waals surface area contributed by atoms with Crippen LogP contribution in [0.25, 0.3) is 0 Å². The lowest BCUT2D eigenvalue weighted by Gasteiger charge is -2.10. The number of hydrazone groups is 1. The van der Waals surface area contributed by atoms with Crippen molar-refractivity contribution in [1.29, 1.82) is 0 Å². The summed E-state index contributed by atoms with van der Waals surface area (Å²) >= 11 is 3.42. The third-order valence-electron chi connectivity index (χ3n) is 3.46. The smallest absolute Gasteiger partial charge is 0.329 e. The maximum Gasteiger partial charge on any atom is 0.329 e. The molecule has 2 amide bonds. The summed E-state index contributed by atoms with van der Waals surface area (Å²) in [7, 11) is 0. The maximum atomic E-state index is 11.7. The first-order chi connectivity index (χ1) is 12.5. The first-order valence-corrected chi connectivity index (χ1v) is 9.03. The summed E-state index contributed by atoms with van der Waals surface area (Å²) in [4.78, 5) is 23.2. The van der Waals surface area contributed by atoms with Crippen molar-refractivity contribution in [1.82, 2.24) is 10.7 Å². The van der Waals surface area contributed by atoms with E-state index in [0.717, 1.165) is 27.8 Å². The van der Waals surface area contributed by atoms with Crippen molar-refractivity contribution in [3.05, 3.63) is 58.1 Å². The van der Waals surface area contributed by atoms with E-state index in [4.69, 9.17) is 0 Å². The molecule has 3 N–H and O–H groups in total. The highest BCUT2D eigenvalue weighted by molar-refractivity contribution is 9.10. The summed E-state index contributed by atoms with van der Waals surface area (Å²) in [5.41, 5.74) is 5.93. The van der Waals surface area contributed by atoms with Crippen LogP contribution in [0.1, 0.15) is 24.5 Å². The Morgan fingerprint density at radius 1 is 1.12 bits per heavy atom. The number of carbonyl (C=O) groups excluding carboxylic acids is 2. The minimum atomic E-state index is -0.794. The predicted molar refractivity (Wildman–Crippen MR) is 108 cm³/mol. The zero-order valence-corrected chi connectivity index (χ0v) is 16.3. The van der Waals surface area contributed by atoms with E-state index in [1.807, 2.05) is 56.3 Å². The van der Waals surface area contributed by atoms with Gasteiger partial charge in [-0.1, -0.05) is 40.5 Å². The van der Waals surface area contributed by atoms with Crippen LogP contribution < -0.4 is 16.1 Å². The van der Waals surface area contributed by atoms with Crippen LogP contribution in [-0.4, -0.2) is 24.6 Å². The summed E-state index contributed by atoms with van der Waals surface area (Å²) in [5.74, 6) is -1.49. The lowest BCUT2D eigenvalue weighted by Crippen LogP contribution is -2.38. The second kappa shape index (κ2) is 9.72. The summed E-state index contributed by atoms with van der Waals surface area (Å²) < 4.78 is 0.875. The van der Waals surface area contributed by atoms with Crippen LogP contribution in [-0.2, 0) is 9.59 Å². The number of hydrogen-bond acceptors (Lipinski definition) is 4. The van der Waals surface area contributed by atoms with Gasteiger partial charge in [0.1, 0.15) is 0 Å². The van der Waals surface area contributed by atoms with Gasteiger partial charge in [-0.25, -0.2) is 5.43 Å². The molecule has 7 heteroatoms. The number of nitrogens with zero attached hydrogens (tertiary/aromatic N) is 1. The molecule has 0 spiro atoms. The summed E-state index contributed by atoms with van der Waals surface area (Å²) in [6.07, 6.45) is 2.25. The van der Waals surface area contributed by atoms with Gasteiger partial charge in [-0.05, 0) is 43.7 Å². The molecule has 2 rings (SSSR count). The Labute approximate surface area is 161 Å². The van der Waals surface area contributed by atoms with Gasteiger partial charge in [0.2, 0.25) is 0 Å². The quantitative estimate of drug-likeness (QED) is 0.382. The Kier molecular flexibility index (Phi) is 7.35. The number of nitrogens with one attached hydrogen (secondary N) is 3. The van der Waals surface area contributed by atoms with E-state index >= 15 is 0 Å². The highest BCUT2D eigenvalue weighted by Crippen LogP contribution is 2.23. The number of aryl methyl sites for hydroxylation is 1. The van der Waals surface area contributed by atoms with Crippen LogP contribution in [0.3, 0.4) is 0 Å². The number of benzene rings is 2. The molecule has 0 atom stereocenters. The standard InChI is InChI=1S/C19H21BrN4O2/c1-3-10-21-18(25)19(26)24-22-12-14-11-15(20)6-9-17(14)23-16-7-4-13(2)5-8-16/h4-9,11-12,23H,3,10H2,1-2H3,(H,21,25)(H,24,26)/b22-12-. The number of rotatable bonds is 6. The maximum absolute atomic E-state index is 11.7. The fourth-order valence-electron chi connectivity index (χ4n) is 2.08. The summed E-state index contributed by atoms with van der Waals surface area (Å²) in [5, 5.41) is 9.69. The van der Waals surface area contributed by atoms with Crippen LogP contribution in [0, 0.1) is 6.92 Å². The molecule has 2 aromatic rings. The fourth-order valence-corrected chi connectivity index (χ4v) is 2.46. The van der Waals surface area contributed by atoms with E-state index in [1.165, 1.54) is 11.8 Å². The number of anilines is 2. The molecule has 0 aliphatic rings. The highest BCUT2D eigenvalue weighted by atomic mass is 79.9. The second-order valence-electron chi connectivity index (χ2n) is 5.68. The van der Waals surface area contributed by atoms with Crippen LogP contribution in [0.2, 0.25) is 0 Å². The lowest BCUT2D eigenvalue weighted by atomic mass is 10.1. The monoisotopic (exact) mass is 416 g/mol. The fraction of sp³-hybridized carbons (Fsp3) is 0.211. The Balaban J connectivity index is 2.08. The molecule has 6 nitrogen and oxygen atoms in total. The molecule has 26 heavy (non-hydrogen) atoms. The molecule has 2 aromatic carbocycles. The molecular formula is C19H21BrN4O2. The topological polar surface area (TPSA) is 82.6 Å². The van der Waals surface area contributed by atoms with E-state index < -0.39 is 11.8 Å². The molecule has 136 valence electrons. The van der Waals surface area contributed by atoms with Gasteiger partial charge < -0.3 is 10.6 Å². The molecule has 0 saturated carbocycles. The van der Waals surface area contributed by atoms with E-state index in [2.05, 4.69) is 37.1 Å². The van der Waals surface area contributed by atoms with Crippen LogP contribution in [0.4, 0.5) is 11.4 Å². The molecule has 0 heterocycles. The average molecular weight is 417 g/mol. The van der Waals surface area contributed by atoms with Crippen LogP contribution >= 0.6 is 15.9 Å². The molecule has 0 bridgehead atoms. The van der Waals surface area contributed by atoms with Crippen molar-refractivity contribution < 1.29 is 9.59 Å². The first kappa shape index (κ1) is 19.7. The minimum Gasteiger partial charge on any atom is -0.355 e. The largest absolute Gasteiger partial charge is 0.355 e. The molecule has 0 radical (unpaired) electrons. The summed E-state index contributed by atoms with van der Waals surface area (Å²) in [6, 6.07) is 13.7. The van der Waals surface area contributed by atoms with Gasteiger partial charge >= 0.3 is 11.8 Å². The second-order valence-corrected chi connectivity index (χ2v) is 6.59. The van der Waals surface area contributed by atoms with Crippen molar-refractivity contribution >= 4 is 45.3 Å². The van der Waals surface area contributed by atoms with Crippen molar-refractivity contribution in [2.75, 3.05) is 11.9 Å². The average Bonchev–Trinajstić information content (AvgIpc) is 2.63. The van der Waals surface area contributed by atoms with Gasteiger partial charge in [0.05, 0.1) is 6.21 Å². The molecule has 0 saturated heterocycles. The number of amides is 2. The van der Waals surface area contributed by atoms with Crippen molar-refractivity contribution in [2.24, 2.45) is 5.10 Å². The third-order valence-corrected chi connectivity index (χ3v) is 3.95. The van der Waals surface area contributed by atoms with Crippen molar-refractivity contribution in [2.45, 2.75) is 20.3 Å². The SMILES string of the molecule is CCCNC(=O)C(=O)N/N=C\c1cc(Br)ccc1Nc1ccc(C)cc1. The van der Waals surface area contributed by atoms with Gasteiger partial charge in [-0.3, -0.25) is 9.59 Å². The van der Waals surface area contributed by atoms with Crippen LogP contribution in [0.5, 0.6) is 0 Å². The molecule has 0 unspecified atom stereocenters.